The molecule has 1 atom stereocenters. The minimum Gasteiger partial charge on any atom is -0.480 e. The fourth-order valence-corrected chi connectivity index (χ4v) is 2.99. The summed E-state index contributed by atoms with van der Waals surface area (Å²) in [5, 5.41) is 11.1. The molecule has 8 heteroatoms. The lowest BCUT2D eigenvalue weighted by Crippen LogP contribution is -2.48. The Morgan fingerprint density at radius 2 is 1.68 bits per heavy atom. The molecule has 0 aromatic rings. The first-order chi connectivity index (χ1) is 8.65. The Balaban J connectivity index is 4.75. The Morgan fingerprint density at radius 3 is 2.00 bits per heavy atom. The predicted octanol–water partition coefficient (Wildman–Crippen LogP) is -0.117. The lowest BCUT2D eigenvalue weighted by atomic mass is 10.1. The molecule has 0 saturated heterocycles. The van der Waals surface area contributed by atoms with Crippen LogP contribution in [-0.4, -0.2) is 54.6 Å². The van der Waals surface area contributed by atoms with Gasteiger partial charge in [0.1, 0.15) is 11.8 Å². The monoisotopic (exact) mass is 294 g/mol. The molecule has 112 valence electrons. The van der Waals surface area contributed by atoms with Gasteiger partial charge in [0, 0.05) is 13.1 Å². The summed E-state index contributed by atoms with van der Waals surface area (Å²) in [4.78, 5) is 22.5. The third-order valence-electron chi connectivity index (χ3n) is 2.66. The molecule has 0 aliphatic carbocycles. The van der Waals surface area contributed by atoms with E-state index in [1.54, 1.807) is 27.7 Å². The largest absolute Gasteiger partial charge is 0.480 e. The highest BCUT2D eigenvalue weighted by molar-refractivity contribution is 7.89. The Hall–Kier alpha value is -1.15. The quantitative estimate of drug-likeness (QED) is 0.649. The van der Waals surface area contributed by atoms with Crippen LogP contribution in [0.2, 0.25) is 0 Å². The van der Waals surface area contributed by atoms with Crippen LogP contribution in [0.4, 0.5) is 0 Å². The number of amides is 1. The van der Waals surface area contributed by atoms with Gasteiger partial charge in [-0.3, -0.25) is 4.79 Å². The molecule has 0 aromatic heterocycles. The van der Waals surface area contributed by atoms with Crippen molar-refractivity contribution in [3.63, 3.8) is 0 Å². The van der Waals surface area contributed by atoms with E-state index in [0.29, 0.717) is 0 Å². The van der Waals surface area contributed by atoms with Crippen molar-refractivity contribution in [3.8, 4) is 0 Å². The van der Waals surface area contributed by atoms with Gasteiger partial charge in [0.15, 0.2) is 0 Å². The van der Waals surface area contributed by atoms with Gasteiger partial charge in [-0.2, -0.15) is 0 Å². The Morgan fingerprint density at radius 1 is 1.21 bits per heavy atom. The van der Waals surface area contributed by atoms with Crippen LogP contribution in [0.5, 0.6) is 0 Å². The average molecular weight is 294 g/mol. The maximum Gasteiger partial charge on any atom is 0.326 e. The zero-order valence-electron chi connectivity index (χ0n) is 11.7. The Labute approximate surface area is 114 Å². The number of nitrogens with one attached hydrogen (secondary N) is 1. The van der Waals surface area contributed by atoms with Crippen LogP contribution in [0.15, 0.2) is 0 Å². The number of sulfonamides is 1. The zero-order valence-corrected chi connectivity index (χ0v) is 12.5. The third-order valence-corrected chi connectivity index (χ3v) is 4.59. The lowest BCUT2D eigenvalue weighted by molar-refractivity contribution is -0.142. The number of carboxylic acid groups (broad SMARTS) is 1. The minimum absolute atomic E-state index is 0.276. The average Bonchev–Trinajstić information content (AvgIpc) is 2.25. The molecule has 0 fully saturated rings. The number of nitrogens with zero attached hydrogens (tertiary/aromatic N) is 1. The van der Waals surface area contributed by atoms with E-state index in [9.17, 15) is 18.0 Å². The van der Waals surface area contributed by atoms with Crippen LogP contribution in [-0.2, 0) is 19.6 Å². The van der Waals surface area contributed by atoms with Gasteiger partial charge < -0.3 is 10.4 Å². The van der Waals surface area contributed by atoms with E-state index in [0.717, 1.165) is 4.31 Å². The van der Waals surface area contributed by atoms with E-state index in [-0.39, 0.29) is 19.0 Å². The number of hydrogen-bond acceptors (Lipinski definition) is 4. The Bertz CT molecular complexity index is 415. The van der Waals surface area contributed by atoms with Crippen LogP contribution in [0.25, 0.3) is 0 Å². The highest BCUT2D eigenvalue weighted by Crippen LogP contribution is 2.04. The number of rotatable bonds is 8. The van der Waals surface area contributed by atoms with Crippen molar-refractivity contribution in [2.45, 2.75) is 33.7 Å². The smallest absolute Gasteiger partial charge is 0.326 e. The summed E-state index contributed by atoms with van der Waals surface area (Å²) in [7, 11) is -3.69. The van der Waals surface area contributed by atoms with Crippen molar-refractivity contribution in [1.82, 2.24) is 9.62 Å². The predicted molar refractivity (Wildman–Crippen MR) is 71.1 cm³/mol. The van der Waals surface area contributed by atoms with Crippen molar-refractivity contribution in [3.05, 3.63) is 0 Å². The van der Waals surface area contributed by atoms with Gasteiger partial charge in [-0.15, -0.1) is 0 Å². The normalized spacial score (nSPS) is 13.6. The molecule has 0 aliphatic rings. The molecule has 0 bridgehead atoms. The molecule has 0 heterocycles. The molecule has 0 radical (unpaired) electrons. The van der Waals surface area contributed by atoms with E-state index < -0.39 is 33.7 Å². The fourth-order valence-electron chi connectivity index (χ4n) is 1.60. The number of carbonyl (C=O) groups excluding carboxylic acids is 1. The van der Waals surface area contributed by atoms with E-state index in [1.165, 1.54) is 0 Å². The molecule has 0 rings (SSSR count). The topological polar surface area (TPSA) is 104 Å². The summed E-state index contributed by atoms with van der Waals surface area (Å²) in [5.74, 6) is -3.03. The molecule has 0 aliphatic heterocycles. The van der Waals surface area contributed by atoms with E-state index >= 15 is 0 Å². The van der Waals surface area contributed by atoms with Crippen molar-refractivity contribution in [2.24, 2.45) is 5.92 Å². The first kappa shape index (κ1) is 17.8. The number of hydrogen-bond donors (Lipinski definition) is 2. The van der Waals surface area contributed by atoms with Gasteiger partial charge in [0.25, 0.3) is 0 Å². The van der Waals surface area contributed by atoms with Crippen LogP contribution >= 0.6 is 0 Å². The van der Waals surface area contributed by atoms with Crippen molar-refractivity contribution < 1.29 is 23.1 Å². The molecule has 19 heavy (non-hydrogen) atoms. The van der Waals surface area contributed by atoms with Gasteiger partial charge in [-0.1, -0.05) is 27.7 Å². The third kappa shape index (κ3) is 5.56. The molecular weight excluding hydrogens is 272 g/mol. The van der Waals surface area contributed by atoms with Crippen molar-refractivity contribution >= 4 is 21.9 Å². The fraction of sp³-hybridized carbons (Fsp3) is 0.818. The maximum atomic E-state index is 11.8. The second-order valence-electron chi connectivity index (χ2n) is 4.47. The van der Waals surface area contributed by atoms with Gasteiger partial charge in [0.2, 0.25) is 15.9 Å². The lowest BCUT2D eigenvalue weighted by Gasteiger charge is -2.20. The number of carboxylic acids is 1. The molecule has 7 nitrogen and oxygen atoms in total. The second-order valence-corrected chi connectivity index (χ2v) is 6.44. The maximum absolute atomic E-state index is 11.8. The molecule has 0 spiro atoms. The molecule has 2 N–H and O–H groups in total. The van der Waals surface area contributed by atoms with Crippen LogP contribution in [0, 0.1) is 5.92 Å². The molecule has 0 aromatic carbocycles. The summed E-state index contributed by atoms with van der Waals surface area (Å²) in [5.41, 5.74) is 0. The van der Waals surface area contributed by atoms with Gasteiger partial charge >= 0.3 is 5.97 Å². The highest BCUT2D eigenvalue weighted by Gasteiger charge is 2.27. The second kappa shape index (κ2) is 7.44. The first-order valence-electron chi connectivity index (χ1n) is 6.15. The van der Waals surface area contributed by atoms with Crippen LogP contribution < -0.4 is 5.32 Å². The number of carbonyl (C=O) groups is 2. The van der Waals surface area contributed by atoms with E-state index in [1.807, 2.05) is 0 Å². The minimum atomic E-state index is -3.69. The molecule has 1 amide bonds. The molecular formula is C11H22N2O5S. The summed E-state index contributed by atoms with van der Waals surface area (Å²) < 4.78 is 24.8. The SMILES string of the molecule is CCN(CC)S(=O)(=O)CC(=O)N[C@H](C(=O)O)C(C)C. The van der Waals surface area contributed by atoms with Crippen molar-refractivity contribution in [1.29, 1.82) is 0 Å². The number of aliphatic carboxylic acids is 1. The standard InChI is InChI=1S/C11H22N2O5S/c1-5-13(6-2)19(17,18)7-9(14)12-10(8(3)4)11(15)16/h8,10H,5-7H2,1-4H3,(H,12,14)(H,15,16)/t10-/m0/s1. The highest BCUT2D eigenvalue weighted by atomic mass is 32.2. The summed E-state index contributed by atoms with van der Waals surface area (Å²) in [6.45, 7) is 7.17. The van der Waals surface area contributed by atoms with Crippen molar-refractivity contribution in [2.75, 3.05) is 18.8 Å². The summed E-state index contributed by atoms with van der Waals surface area (Å²) in [6, 6.07) is -1.08. The molecule has 0 saturated carbocycles. The first-order valence-corrected chi connectivity index (χ1v) is 7.76. The summed E-state index contributed by atoms with van der Waals surface area (Å²) >= 11 is 0. The molecule has 0 unspecified atom stereocenters. The summed E-state index contributed by atoms with van der Waals surface area (Å²) in [6.07, 6.45) is 0. The van der Waals surface area contributed by atoms with Crippen LogP contribution in [0.3, 0.4) is 0 Å². The van der Waals surface area contributed by atoms with E-state index in [4.69, 9.17) is 5.11 Å². The van der Waals surface area contributed by atoms with E-state index in [2.05, 4.69) is 5.32 Å². The van der Waals surface area contributed by atoms with Crippen LogP contribution in [0.1, 0.15) is 27.7 Å². The van der Waals surface area contributed by atoms with Gasteiger partial charge in [0.05, 0.1) is 0 Å². The van der Waals surface area contributed by atoms with Gasteiger partial charge in [-0.25, -0.2) is 17.5 Å². The zero-order chi connectivity index (χ0) is 15.2. The van der Waals surface area contributed by atoms with Gasteiger partial charge in [-0.05, 0) is 5.92 Å². The Kier molecular flexibility index (Phi) is 6.99.